The molecule has 5 heteroatoms. The maximum Gasteiger partial charge on any atom is 0.318 e. The van der Waals surface area contributed by atoms with Gasteiger partial charge in [-0.05, 0) is 43.7 Å². The Morgan fingerprint density at radius 3 is 3.04 bits per heavy atom. The number of carbonyl (C=O) groups excluding carboxylic acids is 1. The van der Waals surface area contributed by atoms with Gasteiger partial charge in [-0.3, -0.25) is 0 Å². The third kappa shape index (κ3) is 2.60. The molecule has 1 N–H and O–H groups in total. The van der Waals surface area contributed by atoms with E-state index in [1.54, 1.807) is 0 Å². The quantitative estimate of drug-likeness (QED) is 0.923. The fraction of sp³-hybridized carbons (Fsp3) is 0.444. The molecule has 0 unspecified atom stereocenters. The second-order valence-corrected chi connectivity index (χ2v) is 6.46. The summed E-state index contributed by atoms with van der Waals surface area (Å²) in [4.78, 5) is 14.6. The minimum atomic E-state index is 0.00301. The molecule has 4 rings (SSSR count). The van der Waals surface area contributed by atoms with Gasteiger partial charge in [0.05, 0.1) is 17.8 Å². The van der Waals surface area contributed by atoms with Gasteiger partial charge in [0.2, 0.25) is 0 Å². The predicted molar refractivity (Wildman–Crippen MR) is 86.0 cm³/mol. The SMILES string of the molecule is Cc1cc([C@H]2CCCN2C(=O)N[C@H]2CCc3ccccc32)on1. The van der Waals surface area contributed by atoms with Crippen LogP contribution in [-0.2, 0) is 6.42 Å². The molecule has 1 saturated heterocycles. The van der Waals surface area contributed by atoms with E-state index in [4.69, 9.17) is 4.52 Å². The van der Waals surface area contributed by atoms with Crippen LogP contribution in [0.25, 0.3) is 0 Å². The van der Waals surface area contributed by atoms with E-state index in [-0.39, 0.29) is 18.1 Å². The topological polar surface area (TPSA) is 58.4 Å². The monoisotopic (exact) mass is 311 g/mol. The lowest BCUT2D eigenvalue weighted by Gasteiger charge is -2.25. The number of benzene rings is 1. The summed E-state index contributed by atoms with van der Waals surface area (Å²) in [5.74, 6) is 0.793. The van der Waals surface area contributed by atoms with E-state index in [0.717, 1.165) is 43.7 Å². The minimum Gasteiger partial charge on any atom is -0.359 e. The lowest BCUT2D eigenvalue weighted by molar-refractivity contribution is 0.178. The zero-order chi connectivity index (χ0) is 15.8. The molecule has 0 spiro atoms. The summed E-state index contributed by atoms with van der Waals surface area (Å²) in [6, 6.07) is 10.4. The molecule has 0 saturated carbocycles. The molecule has 0 bridgehead atoms. The number of nitrogens with zero attached hydrogens (tertiary/aromatic N) is 2. The Bertz CT molecular complexity index is 725. The van der Waals surface area contributed by atoms with Gasteiger partial charge in [0.1, 0.15) is 0 Å². The molecule has 2 atom stereocenters. The summed E-state index contributed by atoms with van der Waals surface area (Å²) in [5, 5.41) is 7.16. The summed E-state index contributed by atoms with van der Waals surface area (Å²) in [7, 11) is 0. The molecule has 1 fully saturated rings. The van der Waals surface area contributed by atoms with Gasteiger partial charge >= 0.3 is 6.03 Å². The lowest BCUT2D eigenvalue weighted by atomic mass is 10.1. The molecule has 2 amide bonds. The predicted octanol–water partition coefficient (Wildman–Crippen LogP) is 3.52. The average molecular weight is 311 g/mol. The number of urea groups is 1. The van der Waals surface area contributed by atoms with Crippen molar-refractivity contribution < 1.29 is 9.32 Å². The summed E-state index contributed by atoms with van der Waals surface area (Å²) >= 11 is 0. The van der Waals surface area contributed by atoms with Crippen LogP contribution in [0.5, 0.6) is 0 Å². The highest BCUT2D eigenvalue weighted by molar-refractivity contribution is 5.75. The summed E-state index contributed by atoms with van der Waals surface area (Å²) in [6.45, 7) is 2.67. The Balaban J connectivity index is 1.49. The molecule has 23 heavy (non-hydrogen) atoms. The fourth-order valence-electron chi connectivity index (χ4n) is 3.78. The normalized spacial score (nSPS) is 23.1. The summed E-state index contributed by atoms with van der Waals surface area (Å²) in [5.41, 5.74) is 3.46. The van der Waals surface area contributed by atoms with Crippen molar-refractivity contribution >= 4 is 6.03 Å². The highest BCUT2D eigenvalue weighted by atomic mass is 16.5. The molecule has 1 aromatic heterocycles. The third-order valence-electron chi connectivity index (χ3n) is 4.92. The van der Waals surface area contributed by atoms with Crippen molar-refractivity contribution in [1.29, 1.82) is 0 Å². The molecule has 5 nitrogen and oxygen atoms in total. The zero-order valence-corrected chi connectivity index (χ0v) is 13.3. The Morgan fingerprint density at radius 2 is 2.22 bits per heavy atom. The van der Waals surface area contributed by atoms with Crippen LogP contribution in [0.2, 0.25) is 0 Å². The van der Waals surface area contributed by atoms with Gasteiger partial charge in [0.25, 0.3) is 0 Å². The van der Waals surface area contributed by atoms with Crippen molar-refractivity contribution in [2.45, 2.75) is 44.7 Å². The van der Waals surface area contributed by atoms with Gasteiger partial charge in [-0.1, -0.05) is 29.4 Å². The first-order chi connectivity index (χ1) is 11.2. The highest BCUT2D eigenvalue weighted by Crippen LogP contribution is 2.34. The van der Waals surface area contributed by atoms with Gasteiger partial charge in [-0.15, -0.1) is 0 Å². The van der Waals surface area contributed by atoms with E-state index in [9.17, 15) is 4.79 Å². The Labute approximate surface area is 135 Å². The molecule has 2 heterocycles. The van der Waals surface area contributed by atoms with Crippen LogP contribution in [0.1, 0.15) is 53.9 Å². The third-order valence-corrected chi connectivity index (χ3v) is 4.92. The molecule has 2 aromatic rings. The molecule has 120 valence electrons. The summed E-state index contributed by atoms with van der Waals surface area (Å²) in [6.07, 6.45) is 3.94. The van der Waals surface area contributed by atoms with Crippen molar-refractivity contribution in [2.75, 3.05) is 6.54 Å². The van der Waals surface area contributed by atoms with Crippen LogP contribution in [0.15, 0.2) is 34.9 Å². The number of likely N-dealkylation sites (tertiary alicyclic amines) is 1. The van der Waals surface area contributed by atoms with E-state index >= 15 is 0 Å². The van der Waals surface area contributed by atoms with E-state index < -0.39 is 0 Å². The number of fused-ring (bicyclic) bond motifs is 1. The summed E-state index contributed by atoms with van der Waals surface area (Å²) < 4.78 is 5.38. The van der Waals surface area contributed by atoms with Crippen molar-refractivity contribution in [2.24, 2.45) is 0 Å². The van der Waals surface area contributed by atoms with Crippen LogP contribution < -0.4 is 5.32 Å². The van der Waals surface area contributed by atoms with Crippen LogP contribution in [0.4, 0.5) is 4.79 Å². The number of amides is 2. The second-order valence-electron chi connectivity index (χ2n) is 6.46. The number of aromatic nitrogens is 1. The number of aryl methyl sites for hydroxylation is 2. The van der Waals surface area contributed by atoms with Crippen molar-refractivity contribution in [1.82, 2.24) is 15.4 Å². The van der Waals surface area contributed by atoms with Gasteiger partial charge in [0.15, 0.2) is 5.76 Å². The standard InChI is InChI=1S/C18H21N3O2/c1-12-11-17(23-20-12)16-7-4-10-21(16)18(22)19-15-9-8-13-5-2-3-6-14(13)15/h2-3,5-6,11,15-16H,4,7-10H2,1H3,(H,19,22)/t15-,16+/m0/s1. The molecule has 0 radical (unpaired) electrons. The van der Waals surface area contributed by atoms with Crippen LogP contribution in [-0.4, -0.2) is 22.6 Å². The number of hydrogen-bond acceptors (Lipinski definition) is 3. The molecule has 1 aliphatic heterocycles. The van der Waals surface area contributed by atoms with Gasteiger partial charge in [-0.2, -0.15) is 0 Å². The number of nitrogens with one attached hydrogen (secondary N) is 1. The van der Waals surface area contributed by atoms with Gasteiger partial charge < -0.3 is 14.7 Å². The molecular formula is C18H21N3O2. The van der Waals surface area contributed by atoms with E-state index in [1.165, 1.54) is 11.1 Å². The molecule has 1 aliphatic carbocycles. The largest absolute Gasteiger partial charge is 0.359 e. The first-order valence-corrected chi connectivity index (χ1v) is 8.30. The van der Waals surface area contributed by atoms with Crippen LogP contribution in [0, 0.1) is 6.92 Å². The Hall–Kier alpha value is -2.30. The zero-order valence-electron chi connectivity index (χ0n) is 13.3. The number of carbonyl (C=O) groups is 1. The maximum absolute atomic E-state index is 12.8. The Kier molecular flexibility index (Phi) is 3.56. The van der Waals surface area contributed by atoms with Crippen molar-refractivity contribution in [3.8, 4) is 0 Å². The van der Waals surface area contributed by atoms with Crippen molar-refractivity contribution in [3.05, 3.63) is 52.9 Å². The lowest BCUT2D eigenvalue weighted by Crippen LogP contribution is -2.40. The smallest absolute Gasteiger partial charge is 0.318 e. The highest BCUT2D eigenvalue weighted by Gasteiger charge is 2.34. The van der Waals surface area contributed by atoms with Gasteiger partial charge in [0, 0.05) is 12.6 Å². The van der Waals surface area contributed by atoms with E-state index in [2.05, 4.69) is 28.7 Å². The second kappa shape index (κ2) is 5.72. The van der Waals surface area contributed by atoms with Gasteiger partial charge in [-0.25, -0.2) is 4.79 Å². The molecule has 2 aliphatic rings. The van der Waals surface area contributed by atoms with E-state index in [1.807, 2.05) is 24.0 Å². The molecule has 1 aromatic carbocycles. The first kappa shape index (κ1) is 14.3. The van der Waals surface area contributed by atoms with Crippen LogP contribution in [0.3, 0.4) is 0 Å². The number of rotatable bonds is 2. The number of hydrogen-bond donors (Lipinski definition) is 1. The van der Waals surface area contributed by atoms with E-state index in [0.29, 0.717) is 0 Å². The Morgan fingerprint density at radius 1 is 1.35 bits per heavy atom. The first-order valence-electron chi connectivity index (χ1n) is 8.30. The maximum atomic E-state index is 12.8. The fourth-order valence-corrected chi connectivity index (χ4v) is 3.78. The van der Waals surface area contributed by atoms with Crippen LogP contribution >= 0.6 is 0 Å². The minimum absolute atomic E-state index is 0.00301. The average Bonchev–Trinajstić information content (AvgIpc) is 3.26. The van der Waals surface area contributed by atoms with Crippen molar-refractivity contribution in [3.63, 3.8) is 0 Å². The molecular weight excluding hydrogens is 290 g/mol.